The lowest BCUT2D eigenvalue weighted by Crippen LogP contribution is -2.53. The third-order valence-corrected chi connectivity index (χ3v) is 6.53. The second kappa shape index (κ2) is 16.8. The number of terminal acetylenes is 1. The fourth-order valence-corrected chi connectivity index (χ4v) is 4.47. The molecule has 0 spiro atoms. The average Bonchev–Trinajstić information content (AvgIpc) is 2.95. The third-order valence-electron chi connectivity index (χ3n) is 6.53. The summed E-state index contributed by atoms with van der Waals surface area (Å²) < 4.78 is 10.6. The highest BCUT2D eigenvalue weighted by Crippen LogP contribution is 2.28. The van der Waals surface area contributed by atoms with Gasteiger partial charge < -0.3 is 30.7 Å². The van der Waals surface area contributed by atoms with E-state index in [9.17, 15) is 19.2 Å². The van der Waals surface area contributed by atoms with Gasteiger partial charge in [-0.15, -0.1) is 6.42 Å². The van der Waals surface area contributed by atoms with Gasteiger partial charge in [-0.3, -0.25) is 14.4 Å². The summed E-state index contributed by atoms with van der Waals surface area (Å²) in [5.74, 6) is 1.54. The molecule has 2 rings (SSSR count). The van der Waals surface area contributed by atoms with Crippen LogP contribution in [0.2, 0.25) is 0 Å². The molecule has 2 aromatic rings. The fraction of sp³-hybridized carbons (Fsp3) is 0.455. The Balaban J connectivity index is 2.60. The lowest BCUT2D eigenvalue weighted by atomic mass is 9.96. The van der Waals surface area contributed by atoms with Crippen LogP contribution in [0, 0.1) is 12.3 Å². The lowest BCUT2D eigenvalue weighted by molar-refractivity contribution is -0.141. The third kappa shape index (κ3) is 11.3. The van der Waals surface area contributed by atoms with Gasteiger partial charge in [0.25, 0.3) is 5.91 Å². The van der Waals surface area contributed by atoms with Gasteiger partial charge in [0.1, 0.15) is 23.4 Å². The molecule has 10 heteroatoms. The molecule has 0 saturated carbocycles. The maximum Gasteiger partial charge on any atom is 0.408 e. The van der Waals surface area contributed by atoms with Gasteiger partial charge in [-0.1, -0.05) is 50.3 Å². The molecule has 0 aliphatic carbocycles. The number of carbonyl (C=O) groups is 4. The summed E-state index contributed by atoms with van der Waals surface area (Å²) in [6.07, 6.45) is 8.07. The van der Waals surface area contributed by atoms with E-state index in [0.29, 0.717) is 29.0 Å². The minimum absolute atomic E-state index is 0.0809. The zero-order valence-electron chi connectivity index (χ0n) is 25.8. The summed E-state index contributed by atoms with van der Waals surface area (Å²) in [6.45, 7) is 7.36. The number of nitrogens with one attached hydrogen (secondary N) is 2. The van der Waals surface area contributed by atoms with E-state index in [0.717, 1.165) is 19.3 Å². The number of hydrogen-bond acceptors (Lipinski definition) is 6. The molecule has 0 heterocycles. The Morgan fingerprint density at radius 1 is 1.02 bits per heavy atom. The first-order chi connectivity index (χ1) is 20.4. The van der Waals surface area contributed by atoms with E-state index in [1.807, 2.05) is 0 Å². The fourth-order valence-electron chi connectivity index (χ4n) is 4.47. The van der Waals surface area contributed by atoms with E-state index < -0.39 is 41.5 Å². The number of primary amides is 1. The Morgan fingerprint density at radius 2 is 1.70 bits per heavy atom. The Kier molecular flexibility index (Phi) is 13.6. The Morgan fingerprint density at radius 3 is 2.28 bits per heavy atom. The molecule has 0 saturated heterocycles. The monoisotopic (exact) mass is 592 g/mol. The van der Waals surface area contributed by atoms with Crippen molar-refractivity contribution in [2.75, 3.05) is 19.0 Å². The van der Waals surface area contributed by atoms with Gasteiger partial charge in [0.2, 0.25) is 11.8 Å². The molecule has 0 aromatic heterocycles. The molecule has 4 N–H and O–H groups in total. The number of nitrogens with zero attached hydrogens (tertiary/aromatic N) is 1. The molecule has 2 aromatic carbocycles. The molecule has 0 aliphatic rings. The summed E-state index contributed by atoms with van der Waals surface area (Å²) >= 11 is 0. The Hall–Kier alpha value is -4.52. The van der Waals surface area contributed by atoms with Gasteiger partial charge in [0, 0.05) is 24.2 Å². The number of methoxy groups -OCH3 is 1. The minimum atomic E-state index is -1.19. The zero-order valence-corrected chi connectivity index (χ0v) is 25.8. The molecule has 0 radical (unpaired) electrons. The van der Waals surface area contributed by atoms with Crippen LogP contribution in [0.4, 0.5) is 10.5 Å². The van der Waals surface area contributed by atoms with Crippen LogP contribution in [-0.4, -0.2) is 54.0 Å². The Labute approximate surface area is 254 Å². The number of benzene rings is 2. The molecule has 2 unspecified atom stereocenters. The van der Waals surface area contributed by atoms with Gasteiger partial charge in [-0.05, 0) is 69.5 Å². The van der Waals surface area contributed by atoms with Crippen LogP contribution in [0.3, 0.4) is 0 Å². The van der Waals surface area contributed by atoms with Crippen LogP contribution in [0.5, 0.6) is 5.75 Å². The molecule has 43 heavy (non-hydrogen) atoms. The number of hydrogen-bond donors (Lipinski definition) is 3. The van der Waals surface area contributed by atoms with Crippen molar-refractivity contribution in [2.24, 2.45) is 5.73 Å². The van der Waals surface area contributed by atoms with E-state index in [2.05, 4.69) is 23.5 Å². The second-order valence-corrected chi connectivity index (χ2v) is 11.1. The van der Waals surface area contributed by atoms with E-state index in [-0.39, 0.29) is 19.4 Å². The number of unbranched alkanes of at least 4 members (excludes halogenated alkanes) is 3. The molecule has 232 valence electrons. The number of alkyl carbamates (subject to hydrolysis) is 1. The predicted molar refractivity (Wildman–Crippen MR) is 166 cm³/mol. The molecular weight excluding hydrogens is 548 g/mol. The number of amides is 4. The molecule has 4 amide bonds. The van der Waals surface area contributed by atoms with Crippen LogP contribution < -0.4 is 21.1 Å². The van der Waals surface area contributed by atoms with E-state index in [1.54, 1.807) is 76.4 Å². The van der Waals surface area contributed by atoms with E-state index in [4.69, 9.17) is 21.6 Å². The Bertz CT molecular complexity index is 1280. The molecular formula is C33H44N4O6. The molecule has 0 bridgehead atoms. The topological polar surface area (TPSA) is 140 Å². The van der Waals surface area contributed by atoms with Gasteiger partial charge in [0.15, 0.2) is 0 Å². The quantitative estimate of drug-likeness (QED) is 0.198. The number of anilines is 1. The molecule has 0 aliphatic heterocycles. The van der Waals surface area contributed by atoms with Crippen LogP contribution in [0.1, 0.15) is 83.4 Å². The first-order valence-corrected chi connectivity index (χ1v) is 14.5. The zero-order chi connectivity index (χ0) is 32.0. The number of ether oxygens (including phenoxy) is 2. The summed E-state index contributed by atoms with van der Waals surface area (Å²) in [5.41, 5.74) is 5.96. The van der Waals surface area contributed by atoms with Gasteiger partial charge in [0.05, 0.1) is 7.11 Å². The SMILES string of the molecule is C#Cc1ccccc1C(C(=O)Nc1ccc(OC)cc1)N(CCCCCC)C(=O)C(CCC(N)=O)NC(=O)OC(C)(C)C. The number of rotatable bonds is 15. The van der Waals surface area contributed by atoms with Crippen molar-refractivity contribution in [3.8, 4) is 18.1 Å². The predicted octanol–water partition coefficient (Wildman–Crippen LogP) is 4.92. The lowest BCUT2D eigenvalue weighted by Gasteiger charge is -2.35. The van der Waals surface area contributed by atoms with Crippen LogP contribution in [0.25, 0.3) is 0 Å². The van der Waals surface area contributed by atoms with Crippen LogP contribution in [-0.2, 0) is 19.1 Å². The van der Waals surface area contributed by atoms with Crippen molar-refractivity contribution < 1.29 is 28.7 Å². The van der Waals surface area contributed by atoms with Crippen molar-refractivity contribution in [3.05, 3.63) is 59.7 Å². The first-order valence-electron chi connectivity index (χ1n) is 14.5. The maximum atomic E-state index is 14.3. The summed E-state index contributed by atoms with van der Waals surface area (Å²) in [5, 5.41) is 5.50. The van der Waals surface area contributed by atoms with E-state index in [1.165, 1.54) is 4.90 Å². The highest BCUT2D eigenvalue weighted by molar-refractivity contribution is 5.99. The molecule has 0 fully saturated rings. The average molecular weight is 593 g/mol. The summed E-state index contributed by atoms with van der Waals surface area (Å²) in [4.78, 5) is 54.3. The largest absolute Gasteiger partial charge is 0.497 e. The standard InChI is InChI=1S/C33H44N4O6/c1-7-9-10-13-22-37(31(40)27(20-21-28(34)38)36-32(41)43-33(3,4)5)29(26-15-12-11-14-23(26)8-2)30(39)35-24-16-18-25(42-6)19-17-24/h2,11-12,14-19,27,29H,7,9-10,13,20-22H2,1,3-6H3,(H2,34,38)(H,35,39)(H,36,41). The first kappa shape index (κ1) is 34.7. The summed E-state index contributed by atoms with van der Waals surface area (Å²) in [7, 11) is 1.54. The molecule has 10 nitrogen and oxygen atoms in total. The highest BCUT2D eigenvalue weighted by atomic mass is 16.6. The summed E-state index contributed by atoms with van der Waals surface area (Å²) in [6, 6.07) is 11.4. The van der Waals surface area contributed by atoms with Crippen LogP contribution >= 0.6 is 0 Å². The van der Waals surface area contributed by atoms with Gasteiger partial charge >= 0.3 is 6.09 Å². The van der Waals surface area contributed by atoms with Crippen LogP contribution in [0.15, 0.2) is 48.5 Å². The molecule has 2 atom stereocenters. The van der Waals surface area contributed by atoms with Crippen molar-refractivity contribution >= 4 is 29.5 Å². The highest BCUT2D eigenvalue weighted by Gasteiger charge is 2.37. The maximum absolute atomic E-state index is 14.3. The second-order valence-electron chi connectivity index (χ2n) is 11.1. The normalized spacial score (nSPS) is 12.3. The van der Waals surface area contributed by atoms with Crippen molar-refractivity contribution in [1.82, 2.24) is 10.2 Å². The van der Waals surface area contributed by atoms with Gasteiger partial charge in [-0.25, -0.2) is 4.79 Å². The van der Waals surface area contributed by atoms with E-state index >= 15 is 0 Å². The van der Waals surface area contributed by atoms with Crippen molar-refractivity contribution in [1.29, 1.82) is 0 Å². The van der Waals surface area contributed by atoms with Crippen molar-refractivity contribution in [3.63, 3.8) is 0 Å². The minimum Gasteiger partial charge on any atom is -0.497 e. The smallest absolute Gasteiger partial charge is 0.408 e. The number of nitrogens with two attached hydrogens (primary N) is 1. The number of carbonyl (C=O) groups excluding carboxylic acids is 4. The van der Waals surface area contributed by atoms with Gasteiger partial charge in [-0.2, -0.15) is 0 Å². The van der Waals surface area contributed by atoms with Crippen molar-refractivity contribution in [2.45, 2.75) is 83.9 Å².